The highest BCUT2D eigenvalue weighted by atomic mass is 28.4. The monoisotopic (exact) mass is 530 g/mol. The van der Waals surface area contributed by atoms with Crippen LogP contribution < -0.4 is 5.32 Å². The van der Waals surface area contributed by atoms with Crippen LogP contribution in [0.4, 0.5) is 0 Å². The minimum absolute atomic E-state index is 0.168. The second-order valence-corrected chi connectivity index (χ2v) is 19.9. The molecule has 5 heteroatoms. The lowest BCUT2D eigenvalue weighted by atomic mass is 9.49. The molecule has 4 nitrogen and oxygen atoms in total. The number of carbonyl (C=O) groups is 1. The summed E-state index contributed by atoms with van der Waals surface area (Å²) in [5.74, 6) is 4.04. The summed E-state index contributed by atoms with van der Waals surface area (Å²) in [4.78, 5) is 15.6. The van der Waals surface area contributed by atoms with Crippen molar-refractivity contribution in [3.8, 4) is 0 Å². The Bertz CT molecular complexity index is 843. The highest BCUT2D eigenvalue weighted by Gasteiger charge is 2.61. The molecule has 1 N–H and O–H groups in total. The van der Waals surface area contributed by atoms with Crippen molar-refractivity contribution >= 4 is 14.2 Å². The molecule has 7 atom stereocenters. The molecule has 0 aromatic heterocycles. The van der Waals surface area contributed by atoms with Gasteiger partial charge < -0.3 is 14.6 Å². The first-order chi connectivity index (χ1) is 17.4. The van der Waals surface area contributed by atoms with Gasteiger partial charge in [-0.25, -0.2) is 0 Å². The van der Waals surface area contributed by atoms with Crippen LogP contribution in [0.2, 0.25) is 16.6 Å². The van der Waals surface area contributed by atoms with Crippen LogP contribution in [-0.4, -0.2) is 44.8 Å². The van der Waals surface area contributed by atoms with Crippen molar-refractivity contribution in [2.24, 2.45) is 34.5 Å². The quantitative estimate of drug-likeness (QED) is 0.326. The molecule has 0 spiro atoms. The number of hydrogen-bond donors (Lipinski definition) is 1. The van der Waals surface area contributed by atoms with Gasteiger partial charge in [0, 0.05) is 31.5 Å². The normalized spacial score (nSPS) is 37.8. The van der Waals surface area contributed by atoms with Crippen molar-refractivity contribution in [3.63, 3.8) is 0 Å². The molecule has 2 saturated carbocycles. The maximum atomic E-state index is 13.5. The number of piperidine rings is 1. The Morgan fingerprint density at radius 3 is 2.16 bits per heavy atom. The van der Waals surface area contributed by atoms with E-state index >= 15 is 0 Å². The van der Waals surface area contributed by atoms with Gasteiger partial charge in [-0.15, -0.1) is 0 Å². The summed E-state index contributed by atoms with van der Waals surface area (Å²) in [6.45, 7) is 26.4. The van der Waals surface area contributed by atoms with Crippen LogP contribution in [0.1, 0.15) is 108 Å². The maximum absolute atomic E-state index is 13.5. The van der Waals surface area contributed by atoms with Crippen LogP contribution in [0.25, 0.3) is 0 Å². The third-order valence-electron chi connectivity index (χ3n) is 12.2. The van der Waals surface area contributed by atoms with E-state index in [0.29, 0.717) is 40.4 Å². The van der Waals surface area contributed by atoms with Crippen LogP contribution in [0.5, 0.6) is 0 Å². The zero-order valence-electron chi connectivity index (χ0n) is 25.8. The molecule has 0 radical (unpaired) electrons. The molecular weight excluding hydrogens is 472 g/mol. The molecule has 0 aromatic rings. The maximum Gasteiger partial charge on any atom is 0.258 e. The second kappa shape index (κ2) is 10.6. The van der Waals surface area contributed by atoms with Gasteiger partial charge in [0.25, 0.3) is 8.32 Å². The number of allylic oxidation sites excluding steroid dienone is 1. The van der Waals surface area contributed by atoms with Crippen LogP contribution in [0, 0.1) is 34.5 Å². The first kappa shape index (κ1) is 29.2. The summed E-state index contributed by atoms with van der Waals surface area (Å²) in [5.41, 5.74) is 2.28. The molecule has 1 saturated heterocycles. The minimum atomic E-state index is -1.92. The molecule has 1 amide bonds. The number of rotatable bonds is 8. The highest BCUT2D eigenvalue weighted by molar-refractivity contribution is 6.77. The van der Waals surface area contributed by atoms with Gasteiger partial charge in [-0.3, -0.25) is 4.79 Å². The summed E-state index contributed by atoms with van der Waals surface area (Å²) in [5, 5.41) is 4.08. The number of nitrogens with zero attached hydrogens (tertiary/aromatic N) is 1. The zero-order chi connectivity index (χ0) is 27.3. The van der Waals surface area contributed by atoms with Gasteiger partial charge in [0.1, 0.15) is 0 Å². The van der Waals surface area contributed by atoms with Gasteiger partial charge in [0.15, 0.2) is 0 Å². The largest absolute Gasteiger partial charge is 0.546 e. The molecule has 0 aromatic carbocycles. The van der Waals surface area contributed by atoms with Crippen LogP contribution >= 0.6 is 0 Å². The van der Waals surface area contributed by atoms with Gasteiger partial charge in [-0.05, 0) is 104 Å². The van der Waals surface area contributed by atoms with Crippen molar-refractivity contribution in [2.75, 3.05) is 19.6 Å². The average molecular weight is 531 g/mol. The smallest absolute Gasteiger partial charge is 0.258 e. The standard InChI is InChI=1S/C32H58N2O2Si/c1-11-34(12-2)30(35)28-14-13-26-25-20-33-29-19-24(36-37(21(3)4,22(5)6)23(7)8)15-17-32(29,10)27(25)16-18-31(26,28)9/h15,21-23,25-29,33H,11-14,16-20H2,1-10H3/t25-,26-,27+,28?,29?,31-,32+/m0/s1. The fourth-order valence-corrected chi connectivity index (χ4v) is 15.5. The molecule has 1 heterocycles. The van der Waals surface area contributed by atoms with Crippen molar-refractivity contribution in [2.45, 2.75) is 130 Å². The lowest BCUT2D eigenvalue weighted by Crippen LogP contribution is -2.63. The predicted molar refractivity (Wildman–Crippen MR) is 158 cm³/mol. The Labute approximate surface area is 229 Å². The third-order valence-corrected chi connectivity index (χ3v) is 18.3. The summed E-state index contributed by atoms with van der Waals surface area (Å²) < 4.78 is 7.18. The first-order valence-corrected chi connectivity index (χ1v) is 17.9. The number of hydrogen-bond acceptors (Lipinski definition) is 3. The van der Waals surface area contributed by atoms with Crippen molar-refractivity contribution < 1.29 is 9.22 Å². The Balaban J connectivity index is 1.54. The fourth-order valence-electron chi connectivity index (χ4n) is 10.2. The summed E-state index contributed by atoms with van der Waals surface area (Å²) in [6.07, 6.45) is 9.50. The van der Waals surface area contributed by atoms with E-state index in [0.717, 1.165) is 44.8 Å². The van der Waals surface area contributed by atoms with Crippen molar-refractivity contribution in [1.29, 1.82) is 0 Å². The van der Waals surface area contributed by atoms with E-state index < -0.39 is 8.32 Å². The Morgan fingerprint density at radius 1 is 1.00 bits per heavy atom. The molecule has 1 aliphatic heterocycles. The summed E-state index contributed by atoms with van der Waals surface area (Å²) >= 11 is 0. The average Bonchev–Trinajstić information content (AvgIpc) is 3.19. The molecule has 4 aliphatic rings. The Kier molecular flexibility index (Phi) is 8.39. The van der Waals surface area contributed by atoms with Gasteiger partial charge in [0.05, 0.1) is 5.76 Å². The lowest BCUT2D eigenvalue weighted by Gasteiger charge is -2.60. The van der Waals surface area contributed by atoms with E-state index in [2.05, 4.69) is 85.5 Å². The second-order valence-electron chi connectivity index (χ2n) is 14.5. The Morgan fingerprint density at radius 2 is 1.59 bits per heavy atom. The first-order valence-electron chi connectivity index (χ1n) is 15.8. The minimum Gasteiger partial charge on any atom is -0.546 e. The van der Waals surface area contributed by atoms with Gasteiger partial charge >= 0.3 is 0 Å². The van der Waals surface area contributed by atoms with E-state index in [1.165, 1.54) is 25.0 Å². The van der Waals surface area contributed by atoms with E-state index in [1.54, 1.807) is 0 Å². The van der Waals surface area contributed by atoms with E-state index in [4.69, 9.17) is 4.43 Å². The van der Waals surface area contributed by atoms with Crippen molar-refractivity contribution in [3.05, 3.63) is 11.8 Å². The van der Waals surface area contributed by atoms with E-state index in [9.17, 15) is 4.79 Å². The SMILES string of the molecule is CCN(CC)C(=O)C1CC[C@H]2[C@@H]3CNC4CC(O[Si](C(C)C)(C(C)C)C(C)C)=CC[C@]4(C)[C@@H]3CC[C@]12C. The van der Waals surface area contributed by atoms with Gasteiger partial charge in [0.2, 0.25) is 5.91 Å². The molecule has 212 valence electrons. The molecule has 2 unspecified atom stereocenters. The number of amides is 1. The fraction of sp³-hybridized carbons (Fsp3) is 0.906. The van der Waals surface area contributed by atoms with Gasteiger partial charge in [-0.1, -0.05) is 55.4 Å². The molecule has 0 bridgehead atoms. The van der Waals surface area contributed by atoms with Crippen molar-refractivity contribution in [1.82, 2.24) is 10.2 Å². The van der Waals surface area contributed by atoms with Gasteiger partial charge in [-0.2, -0.15) is 0 Å². The topological polar surface area (TPSA) is 41.6 Å². The third kappa shape index (κ3) is 4.56. The number of carbonyl (C=O) groups excluding carboxylic acids is 1. The molecule has 4 rings (SSSR count). The van der Waals surface area contributed by atoms with Crippen LogP contribution in [-0.2, 0) is 9.22 Å². The number of fused-ring (bicyclic) bond motifs is 5. The summed E-state index contributed by atoms with van der Waals surface area (Å²) in [7, 11) is -1.92. The summed E-state index contributed by atoms with van der Waals surface area (Å²) in [6, 6.07) is 0.505. The van der Waals surface area contributed by atoms with E-state index in [-0.39, 0.29) is 16.7 Å². The van der Waals surface area contributed by atoms with Crippen LogP contribution in [0.15, 0.2) is 11.8 Å². The zero-order valence-corrected chi connectivity index (χ0v) is 26.8. The molecule has 37 heavy (non-hydrogen) atoms. The molecule has 3 aliphatic carbocycles. The Hall–Kier alpha value is -0.813. The highest BCUT2D eigenvalue weighted by Crippen LogP contribution is 2.64. The van der Waals surface area contributed by atoms with Crippen LogP contribution in [0.3, 0.4) is 0 Å². The molecule has 3 fully saturated rings. The predicted octanol–water partition coefficient (Wildman–Crippen LogP) is 7.76. The van der Waals surface area contributed by atoms with E-state index in [1.807, 2.05) is 0 Å². The molecular formula is C32H58N2O2Si. The number of nitrogens with one attached hydrogen (secondary N) is 1. The lowest BCUT2D eigenvalue weighted by molar-refractivity contribution is -0.143.